The first-order valence-corrected chi connectivity index (χ1v) is 8.60. The number of H-pyrrole nitrogens is 1. The van der Waals surface area contributed by atoms with Crippen molar-refractivity contribution in [3.8, 4) is 17.4 Å². The molecule has 1 amide bonds. The van der Waals surface area contributed by atoms with Gasteiger partial charge in [-0.1, -0.05) is 17.7 Å². The van der Waals surface area contributed by atoms with Crippen molar-refractivity contribution in [1.82, 2.24) is 19.7 Å². The van der Waals surface area contributed by atoms with Crippen LogP contribution in [0.1, 0.15) is 21.6 Å². The maximum absolute atomic E-state index is 12.7. The molecule has 4 rings (SSSR count). The van der Waals surface area contributed by atoms with Crippen molar-refractivity contribution in [1.29, 1.82) is 0 Å². The molecule has 0 aliphatic heterocycles. The van der Waals surface area contributed by atoms with Crippen molar-refractivity contribution in [2.45, 2.75) is 13.8 Å². The zero-order chi connectivity index (χ0) is 19.7. The summed E-state index contributed by atoms with van der Waals surface area (Å²) in [6, 6.07) is 13.8. The fourth-order valence-corrected chi connectivity index (χ4v) is 2.81. The lowest BCUT2D eigenvalue weighted by Crippen LogP contribution is -2.19. The Morgan fingerprint density at radius 2 is 2.00 bits per heavy atom. The molecule has 0 saturated heterocycles. The molecule has 0 aliphatic carbocycles. The molecular weight excluding hydrogens is 358 g/mol. The van der Waals surface area contributed by atoms with Gasteiger partial charge in [0.15, 0.2) is 5.76 Å². The normalized spacial score (nSPS) is 10.8. The zero-order valence-corrected chi connectivity index (χ0v) is 15.3. The number of aromatic amines is 1. The molecule has 28 heavy (non-hydrogen) atoms. The third kappa shape index (κ3) is 3.48. The van der Waals surface area contributed by atoms with Crippen molar-refractivity contribution in [3.63, 3.8) is 0 Å². The number of nitrogens with zero attached hydrogens (tertiary/aromatic N) is 3. The van der Waals surface area contributed by atoms with Gasteiger partial charge < -0.3 is 9.73 Å². The summed E-state index contributed by atoms with van der Waals surface area (Å²) in [5.74, 6) is 0.777. The van der Waals surface area contributed by atoms with Crippen LogP contribution in [0.3, 0.4) is 0 Å². The average molecular weight is 375 g/mol. The summed E-state index contributed by atoms with van der Waals surface area (Å²) < 4.78 is 6.77. The Morgan fingerprint density at radius 1 is 1.14 bits per heavy atom. The second-order valence-corrected chi connectivity index (χ2v) is 6.34. The Hall–Kier alpha value is -3.94. The number of furan rings is 1. The Bertz CT molecular complexity index is 1200. The molecule has 0 spiro atoms. The highest BCUT2D eigenvalue weighted by molar-refractivity contribution is 6.04. The molecule has 4 aromatic rings. The lowest BCUT2D eigenvalue weighted by atomic mass is 10.1. The second-order valence-electron chi connectivity index (χ2n) is 6.34. The standard InChI is InChI=1S/C20H17N5O3/c1-12-5-3-6-14(9-12)19(27)22-17-11-15(16-7-4-8-28-16)24-25(17)20-21-13(2)10-18(26)23-20/h3-11H,1-2H3,(H,22,27)(H,21,23,26). The Kier molecular flexibility index (Phi) is 4.36. The van der Waals surface area contributed by atoms with Crippen LogP contribution >= 0.6 is 0 Å². The predicted octanol–water partition coefficient (Wildman–Crippen LogP) is 3.08. The van der Waals surface area contributed by atoms with Gasteiger partial charge in [-0.05, 0) is 38.1 Å². The van der Waals surface area contributed by atoms with Gasteiger partial charge in [0.2, 0.25) is 5.95 Å². The number of aromatic nitrogens is 4. The van der Waals surface area contributed by atoms with Gasteiger partial charge in [0, 0.05) is 23.4 Å². The van der Waals surface area contributed by atoms with E-state index >= 15 is 0 Å². The van der Waals surface area contributed by atoms with Crippen LogP contribution < -0.4 is 10.9 Å². The number of anilines is 1. The van der Waals surface area contributed by atoms with Crippen molar-refractivity contribution in [2.24, 2.45) is 0 Å². The maximum atomic E-state index is 12.7. The highest BCUT2D eigenvalue weighted by atomic mass is 16.3. The van der Waals surface area contributed by atoms with Crippen LogP contribution in [0.2, 0.25) is 0 Å². The van der Waals surface area contributed by atoms with Crippen LogP contribution in [0.25, 0.3) is 17.4 Å². The van der Waals surface area contributed by atoms with E-state index in [0.717, 1.165) is 5.56 Å². The molecule has 3 heterocycles. The molecule has 8 heteroatoms. The summed E-state index contributed by atoms with van der Waals surface area (Å²) in [7, 11) is 0. The van der Waals surface area contributed by atoms with E-state index in [1.54, 1.807) is 37.3 Å². The summed E-state index contributed by atoms with van der Waals surface area (Å²) >= 11 is 0. The number of nitrogens with one attached hydrogen (secondary N) is 2. The van der Waals surface area contributed by atoms with Crippen LogP contribution in [0.5, 0.6) is 0 Å². The number of carbonyl (C=O) groups excluding carboxylic acids is 1. The van der Waals surface area contributed by atoms with E-state index in [0.29, 0.717) is 28.5 Å². The number of benzene rings is 1. The number of aryl methyl sites for hydroxylation is 2. The fraction of sp³-hybridized carbons (Fsp3) is 0.100. The molecule has 3 aromatic heterocycles. The van der Waals surface area contributed by atoms with Gasteiger partial charge >= 0.3 is 0 Å². The van der Waals surface area contributed by atoms with Gasteiger partial charge in [-0.25, -0.2) is 4.98 Å². The molecular formula is C20H17N5O3. The number of rotatable bonds is 4. The summed E-state index contributed by atoms with van der Waals surface area (Å²) in [6.07, 6.45) is 1.53. The van der Waals surface area contributed by atoms with E-state index in [9.17, 15) is 9.59 Å². The topological polar surface area (TPSA) is 106 Å². The summed E-state index contributed by atoms with van der Waals surface area (Å²) in [6.45, 7) is 3.62. The van der Waals surface area contributed by atoms with Crippen LogP contribution in [-0.2, 0) is 0 Å². The monoisotopic (exact) mass is 375 g/mol. The molecule has 8 nitrogen and oxygen atoms in total. The van der Waals surface area contributed by atoms with E-state index in [4.69, 9.17) is 4.42 Å². The quantitative estimate of drug-likeness (QED) is 0.570. The molecule has 0 unspecified atom stereocenters. The maximum Gasteiger partial charge on any atom is 0.256 e. The fourth-order valence-electron chi connectivity index (χ4n) is 2.81. The minimum absolute atomic E-state index is 0.197. The molecule has 0 bridgehead atoms. The number of hydrogen-bond acceptors (Lipinski definition) is 5. The molecule has 0 saturated carbocycles. The second kappa shape index (κ2) is 6.99. The van der Waals surface area contributed by atoms with Crippen molar-refractivity contribution in [3.05, 3.63) is 82.0 Å². The van der Waals surface area contributed by atoms with Crippen LogP contribution in [0.15, 0.2) is 64.0 Å². The van der Waals surface area contributed by atoms with E-state index in [1.165, 1.54) is 17.0 Å². The van der Waals surface area contributed by atoms with Gasteiger partial charge in [-0.3, -0.25) is 14.6 Å². The minimum Gasteiger partial charge on any atom is -0.463 e. The summed E-state index contributed by atoms with van der Waals surface area (Å²) in [5, 5.41) is 7.28. The van der Waals surface area contributed by atoms with Crippen molar-refractivity contribution >= 4 is 11.7 Å². The molecule has 0 atom stereocenters. The van der Waals surface area contributed by atoms with Gasteiger partial charge in [0.25, 0.3) is 11.5 Å². The third-order valence-corrected chi connectivity index (χ3v) is 4.06. The van der Waals surface area contributed by atoms with Crippen LogP contribution in [-0.4, -0.2) is 25.7 Å². The molecule has 0 radical (unpaired) electrons. The van der Waals surface area contributed by atoms with Crippen LogP contribution in [0, 0.1) is 13.8 Å². The average Bonchev–Trinajstić information content (AvgIpc) is 3.30. The highest BCUT2D eigenvalue weighted by Gasteiger charge is 2.17. The first kappa shape index (κ1) is 17.5. The van der Waals surface area contributed by atoms with Gasteiger partial charge in [-0.15, -0.1) is 0 Å². The first-order valence-electron chi connectivity index (χ1n) is 8.60. The van der Waals surface area contributed by atoms with E-state index in [1.807, 2.05) is 19.1 Å². The molecule has 0 fully saturated rings. The summed E-state index contributed by atoms with van der Waals surface area (Å²) in [5.41, 5.74) is 2.20. The highest BCUT2D eigenvalue weighted by Crippen LogP contribution is 2.24. The Morgan fingerprint density at radius 3 is 2.71 bits per heavy atom. The smallest absolute Gasteiger partial charge is 0.256 e. The summed E-state index contributed by atoms with van der Waals surface area (Å²) in [4.78, 5) is 31.5. The Labute approximate surface area is 159 Å². The third-order valence-electron chi connectivity index (χ3n) is 4.06. The van der Waals surface area contributed by atoms with E-state index in [2.05, 4.69) is 20.4 Å². The molecule has 0 aliphatic rings. The van der Waals surface area contributed by atoms with E-state index < -0.39 is 0 Å². The van der Waals surface area contributed by atoms with Gasteiger partial charge in [-0.2, -0.15) is 9.78 Å². The SMILES string of the molecule is Cc1cccc(C(=O)Nc2cc(-c3ccco3)nn2-c2nc(C)cc(=O)[nH]2)c1. The number of hydrogen-bond donors (Lipinski definition) is 2. The van der Waals surface area contributed by atoms with Crippen molar-refractivity contribution in [2.75, 3.05) is 5.32 Å². The zero-order valence-electron chi connectivity index (χ0n) is 15.3. The number of amides is 1. The molecule has 2 N–H and O–H groups in total. The van der Waals surface area contributed by atoms with E-state index in [-0.39, 0.29) is 17.4 Å². The number of carbonyl (C=O) groups is 1. The van der Waals surface area contributed by atoms with Gasteiger partial charge in [0.05, 0.1) is 6.26 Å². The molecule has 1 aromatic carbocycles. The predicted molar refractivity (Wildman–Crippen MR) is 104 cm³/mol. The van der Waals surface area contributed by atoms with Crippen LogP contribution in [0.4, 0.5) is 5.82 Å². The lowest BCUT2D eigenvalue weighted by molar-refractivity contribution is 0.102. The largest absolute Gasteiger partial charge is 0.463 e. The van der Waals surface area contributed by atoms with Crippen molar-refractivity contribution < 1.29 is 9.21 Å². The minimum atomic E-state index is -0.312. The Balaban J connectivity index is 1.78. The first-order chi connectivity index (χ1) is 13.5. The molecule has 140 valence electrons. The lowest BCUT2D eigenvalue weighted by Gasteiger charge is -2.08. The van der Waals surface area contributed by atoms with Gasteiger partial charge in [0.1, 0.15) is 11.5 Å².